The van der Waals surface area contributed by atoms with Crippen molar-refractivity contribution in [3.8, 4) is 0 Å². The third kappa shape index (κ3) is 3.58. The Morgan fingerprint density at radius 1 is 0.586 bits per heavy atom. The molecule has 0 heterocycles. The average Bonchev–Trinajstić information content (AvgIpc) is 2.81. The second-order valence-electron chi connectivity index (χ2n) is 7.46. The minimum absolute atomic E-state index is 0.408. The normalized spacial score (nSPS) is 12.3. The van der Waals surface area contributed by atoms with Gasteiger partial charge in [-0.05, 0) is 0 Å². The van der Waals surface area contributed by atoms with Crippen LogP contribution in [0, 0.1) is 0 Å². The Morgan fingerprint density at radius 2 is 0.966 bits per heavy atom. The molecule has 0 aliphatic carbocycles. The molecule has 4 aromatic carbocycles. The van der Waals surface area contributed by atoms with Gasteiger partial charge in [-0.15, -0.1) is 0 Å². The molecule has 1 unspecified atom stereocenters. The summed E-state index contributed by atoms with van der Waals surface area (Å²) in [6.07, 6.45) is 2.00. The molecule has 0 spiro atoms. The zero-order chi connectivity index (χ0) is 20.1. The summed E-state index contributed by atoms with van der Waals surface area (Å²) in [5, 5.41) is 0. The number of hydrogen-bond donors (Lipinski definition) is 0. The molecule has 0 fully saturated rings. The first kappa shape index (κ1) is 19.7. The fourth-order valence-electron chi connectivity index (χ4n) is 4.68. The van der Waals surface area contributed by atoms with Gasteiger partial charge in [0.2, 0.25) is 0 Å². The zero-order valence-corrected chi connectivity index (χ0v) is 19.7. The van der Waals surface area contributed by atoms with Gasteiger partial charge in [0, 0.05) is 0 Å². The van der Waals surface area contributed by atoms with Crippen LogP contribution in [-0.2, 0) is 0 Å². The van der Waals surface area contributed by atoms with Crippen LogP contribution in [0.4, 0.5) is 0 Å². The first-order chi connectivity index (χ1) is 14.3. The van der Waals surface area contributed by atoms with E-state index < -0.39 is 18.4 Å². The summed E-state index contributed by atoms with van der Waals surface area (Å²) in [7, 11) is 0. The molecular formula is C28H26Sn. The van der Waals surface area contributed by atoms with Crippen LogP contribution in [0.25, 0.3) is 6.08 Å². The summed E-state index contributed by atoms with van der Waals surface area (Å²) in [5.41, 5.74) is 2.64. The van der Waals surface area contributed by atoms with Gasteiger partial charge < -0.3 is 0 Å². The number of benzene rings is 4. The van der Waals surface area contributed by atoms with Crippen molar-refractivity contribution in [2.24, 2.45) is 0 Å². The topological polar surface area (TPSA) is 0 Å². The Bertz CT molecular complexity index is 972. The Kier molecular flexibility index (Phi) is 6.01. The van der Waals surface area contributed by atoms with E-state index in [1.165, 1.54) is 21.9 Å². The summed E-state index contributed by atoms with van der Waals surface area (Å²) < 4.78 is 4.92. The summed E-state index contributed by atoms with van der Waals surface area (Å²) in [6, 6.07) is 42.4. The monoisotopic (exact) mass is 482 g/mol. The molecule has 29 heavy (non-hydrogen) atoms. The molecule has 0 bridgehead atoms. The first-order valence-corrected chi connectivity index (χ1v) is 16.1. The van der Waals surface area contributed by atoms with Gasteiger partial charge in [-0.3, -0.25) is 0 Å². The number of hydrogen-bond acceptors (Lipinski definition) is 0. The van der Waals surface area contributed by atoms with Crippen molar-refractivity contribution in [3.05, 3.63) is 133 Å². The molecule has 0 aliphatic heterocycles. The van der Waals surface area contributed by atoms with Crippen LogP contribution in [0.5, 0.6) is 0 Å². The van der Waals surface area contributed by atoms with Crippen molar-refractivity contribution in [1.29, 1.82) is 0 Å². The third-order valence-electron chi connectivity index (χ3n) is 6.02. The average molecular weight is 481 g/mol. The van der Waals surface area contributed by atoms with Crippen LogP contribution < -0.4 is 10.7 Å². The van der Waals surface area contributed by atoms with Gasteiger partial charge in [0.15, 0.2) is 0 Å². The maximum absolute atomic E-state index is 4.10. The van der Waals surface area contributed by atoms with Gasteiger partial charge in [0.05, 0.1) is 0 Å². The van der Waals surface area contributed by atoms with E-state index in [-0.39, 0.29) is 0 Å². The van der Waals surface area contributed by atoms with Crippen molar-refractivity contribution in [1.82, 2.24) is 0 Å². The molecule has 0 aromatic heterocycles. The molecule has 0 radical (unpaired) electrons. The van der Waals surface area contributed by atoms with Crippen LogP contribution in [-0.4, -0.2) is 18.4 Å². The van der Waals surface area contributed by atoms with E-state index in [2.05, 4.69) is 129 Å². The molecule has 0 saturated carbocycles. The van der Waals surface area contributed by atoms with Gasteiger partial charge in [-0.25, -0.2) is 0 Å². The van der Waals surface area contributed by atoms with Gasteiger partial charge in [0.25, 0.3) is 0 Å². The van der Waals surface area contributed by atoms with Crippen molar-refractivity contribution in [2.75, 3.05) is 0 Å². The van der Waals surface area contributed by atoms with Crippen LogP contribution in [0.3, 0.4) is 0 Å². The molecule has 4 aromatic rings. The van der Waals surface area contributed by atoms with E-state index in [0.717, 1.165) is 0 Å². The van der Waals surface area contributed by atoms with E-state index in [9.17, 15) is 0 Å². The second-order valence-corrected chi connectivity index (χ2v) is 19.5. The SMILES string of the molecule is C=Cc1ccccc1[CH](C)[Sn]([c]1ccccc1)([c]1ccccc1)[c]1ccccc1. The standard InChI is InChI=1S/C10H11.3C6H5.Sn/c1-3-9-7-5-6-8-10(9)4-2;3*1-2-4-6-5-3-1;/h3-8H,1H2,2H3;3*1-5H;. The summed E-state index contributed by atoms with van der Waals surface area (Å²) in [4.78, 5) is 0. The molecule has 142 valence electrons. The third-order valence-corrected chi connectivity index (χ3v) is 21.3. The fraction of sp³-hybridized carbons (Fsp3) is 0.0714. The van der Waals surface area contributed by atoms with Crippen molar-refractivity contribution in [2.45, 2.75) is 10.9 Å². The number of rotatable bonds is 6. The van der Waals surface area contributed by atoms with Gasteiger partial charge in [0.1, 0.15) is 0 Å². The summed E-state index contributed by atoms with van der Waals surface area (Å²) in [6.45, 7) is 6.53. The molecule has 0 amide bonds. The van der Waals surface area contributed by atoms with E-state index in [1.807, 2.05) is 6.08 Å². The second kappa shape index (κ2) is 8.83. The maximum atomic E-state index is 4.10. The molecule has 4 rings (SSSR count). The molecular weight excluding hydrogens is 455 g/mol. The fourth-order valence-corrected chi connectivity index (χ4v) is 20.0. The molecule has 0 nitrogen and oxygen atoms in total. The summed E-state index contributed by atoms with van der Waals surface area (Å²) in [5.74, 6) is 0. The molecule has 0 saturated heterocycles. The molecule has 0 aliphatic rings. The van der Waals surface area contributed by atoms with Crippen molar-refractivity contribution >= 4 is 35.2 Å². The van der Waals surface area contributed by atoms with E-state index >= 15 is 0 Å². The predicted octanol–water partition coefficient (Wildman–Crippen LogP) is 5.14. The quantitative estimate of drug-likeness (QED) is 0.335. The minimum atomic E-state index is -3.41. The molecule has 0 N–H and O–H groups in total. The van der Waals surface area contributed by atoms with Crippen molar-refractivity contribution in [3.63, 3.8) is 0 Å². The Hall–Kier alpha value is -2.58. The van der Waals surface area contributed by atoms with Crippen LogP contribution >= 0.6 is 0 Å². The first-order valence-electron chi connectivity index (χ1n) is 10.2. The van der Waals surface area contributed by atoms with Crippen molar-refractivity contribution < 1.29 is 0 Å². The van der Waals surface area contributed by atoms with Crippen LogP contribution in [0.15, 0.2) is 122 Å². The van der Waals surface area contributed by atoms with E-state index in [1.54, 1.807) is 0 Å². The molecule has 1 atom stereocenters. The van der Waals surface area contributed by atoms with Gasteiger partial charge >= 0.3 is 179 Å². The van der Waals surface area contributed by atoms with Gasteiger partial charge in [-0.1, -0.05) is 0 Å². The van der Waals surface area contributed by atoms with Crippen LogP contribution in [0.2, 0.25) is 0 Å². The molecule has 1 heteroatoms. The predicted molar refractivity (Wildman–Crippen MR) is 129 cm³/mol. The Balaban J connectivity index is 2.09. The zero-order valence-electron chi connectivity index (χ0n) is 16.8. The van der Waals surface area contributed by atoms with Crippen LogP contribution in [0.1, 0.15) is 22.0 Å². The summed E-state index contributed by atoms with van der Waals surface area (Å²) >= 11 is -3.41. The van der Waals surface area contributed by atoms with E-state index in [0.29, 0.717) is 3.93 Å². The Labute approximate surface area is 178 Å². The van der Waals surface area contributed by atoms with Gasteiger partial charge in [-0.2, -0.15) is 0 Å². The van der Waals surface area contributed by atoms with E-state index in [4.69, 9.17) is 0 Å². The Morgan fingerprint density at radius 3 is 1.38 bits per heavy atom.